The van der Waals surface area contributed by atoms with Crippen LogP contribution in [0.1, 0.15) is 16.2 Å². The van der Waals surface area contributed by atoms with Crippen molar-refractivity contribution in [2.24, 2.45) is 0 Å². The molecule has 6 heteroatoms. The second-order valence-electron chi connectivity index (χ2n) is 4.53. The molecule has 0 spiro atoms. The van der Waals surface area contributed by atoms with Gasteiger partial charge in [0.25, 0.3) is 11.7 Å². The van der Waals surface area contributed by atoms with Gasteiger partial charge >= 0.3 is 5.97 Å². The van der Waals surface area contributed by atoms with Gasteiger partial charge in [-0.3, -0.25) is 0 Å². The average molecular weight is 296 g/mol. The first-order valence-electron chi connectivity index (χ1n) is 6.56. The normalized spacial score (nSPS) is 10.4. The van der Waals surface area contributed by atoms with Crippen molar-refractivity contribution in [1.82, 2.24) is 10.1 Å². The Morgan fingerprint density at radius 3 is 2.68 bits per heavy atom. The lowest BCUT2D eigenvalue weighted by atomic mass is 10.2. The summed E-state index contributed by atoms with van der Waals surface area (Å²) in [6.07, 6.45) is 0. The van der Waals surface area contributed by atoms with Gasteiger partial charge in [-0.2, -0.15) is 4.98 Å². The fraction of sp³-hybridized carbons (Fsp3) is 0.0625. The van der Waals surface area contributed by atoms with Crippen LogP contribution in [0.2, 0.25) is 0 Å². The van der Waals surface area contributed by atoms with Crippen LogP contribution in [-0.2, 0) is 6.61 Å². The quantitative estimate of drug-likeness (QED) is 0.779. The molecule has 2 aromatic carbocycles. The largest absolute Gasteiger partial charge is 0.489 e. The fourth-order valence-electron chi connectivity index (χ4n) is 1.89. The summed E-state index contributed by atoms with van der Waals surface area (Å²) < 4.78 is 10.6. The van der Waals surface area contributed by atoms with Gasteiger partial charge in [0.15, 0.2) is 0 Å². The molecule has 0 amide bonds. The highest BCUT2D eigenvalue weighted by atomic mass is 16.5. The molecule has 0 aliphatic heterocycles. The van der Waals surface area contributed by atoms with Crippen LogP contribution < -0.4 is 4.74 Å². The van der Waals surface area contributed by atoms with Gasteiger partial charge in [-0.15, -0.1) is 0 Å². The zero-order valence-corrected chi connectivity index (χ0v) is 11.5. The Balaban J connectivity index is 1.75. The number of hydrogen-bond donors (Lipinski definition) is 1. The Bertz CT molecular complexity index is 784. The number of rotatable bonds is 5. The van der Waals surface area contributed by atoms with E-state index in [-0.39, 0.29) is 11.7 Å². The first-order valence-corrected chi connectivity index (χ1v) is 6.56. The Hall–Kier alpha value is -3.15. The van der Waals surface area contributed by atoms with Gasteiger partial charge in [0.1, 0.15) is 12.4 Å². The summed E-state index contributed by atoms with van der Waals surface area (Å²) in [6.45, 7) is 0.439. The lowest BCUT2D eigenvalue weighted by Gasteiger charge is -2.06. The van der Waals surface area contributed by atoms with Crippen molar-refractivity contribution in [2.45, 2.75) is 6.61 Å². The van der Waals surface area contributed by atoms with Gasteiger partial charge in [-0.25, -0.2) is 4.79 Å². The minimum absolute atomic E-state index is 0.141. The molecule has 0 saturated heterocycles. The molecule has 0 radical (unpaired) electrons. The number of aromatic nitrogens is 2. The number of benzene rings is 2. The van der Waals surface area contributed by atoms with Crippen molar-refractivity contribution < 1.29 is 19.2 Å². The molecule has 0 bridgehead atoms. The van der Waals surface area contributed by atoms with Crippen LogP contribution in [0.4, 0.5) is 0 Å². The van der Waals surface area contributed by atoms with E-state index in [1.165, 1.54) is 0 Å². The summed E-state index contributed by atoms with van der Waals surface area (Å²) in [5.74, 6) is -0.823. The van der Waals surface area contributed by atoms with Crippen LogP contribution in [0, 0.1) is 0 Å². The molecule has 1 N–H and O–H groups in total. The van der Waals surface area contributed by atoms with Crippen LogP contribution in [0.3, 0.4) is 0 Å². The summed E-state index contributed by atoms with van der Waals surface area (Å²) in [5, 5.41) is 12.2. The van der Waals surface area contributed by atoms with Gasteiger partial charge in [0.05, 0.1) is 0 Å². The maximum absolute atomic E-state index is 10.8. The van der Waals surface area contributed by atoms with Crippen molar-refractivity contribution in [3.8, 4) is 17.2 Å². The summed E-state index contributed by atoms with van der Waals surface area (Å²) >= 11 is 0. The van der Waals surface area contributed by atoms with Crippen molar-refractivity contribution in [1.29, 1.82) is 0 Å². The van der Waals surface area contributed by atoms with Crippen molar-refractivity contribution in [3.63, 3.8) is 0 Å². The van der Waals surface area contributed by atoms with E-state index >= 15 is 0 Å². The van der Waals surface area contributed by atoms with Crippen LogP contribution in [-0.4, -0.2) is 21.2 Å². The molecule has 0 saturated carbocycles. The van der Waals surface area contributed by atoms with Crippen molar-refractivity contribution >= 4 is 5.97 Å². The predicted octanol–water partition coefficient (Wildman–Crippen LogP) is 3.01. The van der Waals surface area contributed by atoms with Gasteiger partial charge in [-0.1, -0.05) is 36.4 Å². The monoisotopic (exact) mass is 296 g/mol. The average Bonchev–Trinajstić information content (AvgIpc) is 3.05. The minimum atomic E-state index is -1.23. The van der Waals surface area contributed by atoms with Crippen molar-refractivity contribution in [2.75, 3.05) is 0 Å². The van der Waals surface area contributed by atoms with Crippen LogP contribution in [0.5, 0.6) is 5.75 Å². The maximum Gasteiger partial charge on any atom is 0.377 e. The number of aromatic carboxylic acids is 1. The van der Waals surface area contributed by atoms with E-state index in [9.17, 15) is 4.79 Å². The molecule has 0 atom stereocenters. The van der Waals surface area contributed by atoms with Crippen LogP contribution in [0.25, 0.3) is 11.5 Å². The molecule has 22 heavy (non-hydrogen) atoms. The maximum atomic E-state index is 10.8. The zero-order chi connectivity index (χ0) is 15.4. The highest BCUT2D eigenvalue weighted by molar-refractivity contribution is 5.83. The van der Waals surface area contributed by atoms with Gasteiger partial charge in [0.2, 0.25) is 0 Å². The lowest BCUT2D eigenvalue weighted by molar-refractivity contribution is 0.0680. The third kappa shape index (κ3) is 3.12. The molecule has 110 valence electrons. The summed E-state index contributed by atoms with van der Waals surface area (Å²) in [5.41, 5.74) is 1.66. The number of hydrogen-bond acceptors (Lipinski definition) is 5. The highest BCUT2D eigenvalue weighted by Gasteiger charge is 2.14. The van der Waals surface area contributed by atoms with E-state index in [1.807, 2.05) is 30.3 Å². The topological polar surface area (TPSA) is 85.5 Å². The Kier molecular flexibility index (Phi) is 3.82. The lowest BCUT2D eigenvalue weighted by Crippen LogP contribution is -1.98. The number of ether oxygens (including phenoxy) is 1. The predicted molar refractivity (Wildman–Crippen MR) is 77.5 cm³/mol. The van der Waals surface area contributed by atoms with Gasteiger partial charge in [0, 0.05) is 5.56 Å². The second-order valence-corrected chi connectivity index (χ2v) is 4.53. The number of carbonyl (C=O) groups is 1. The number of nitrogens with zero attached hydrogens (tertiary/aromatic N) is 2. The molecule has 3 aromatic rings. The van der Waals surface area contributed by atoms with E-state index in [0.29, 0.717) is 17.9 Å². The third-order valence-corrected chi connectivity index (χ3v) is 2.95. The molecule has 0 aliphatic carbocycles. The minimum Gasteiger partial charge on any atom is -0.489 e. The van der Waals surface area contributed by atoms with Crippen LogP contribution >= 0.6 is 0 Å². The van der Waals surface area contributed by atoms with Gasteiger partial charge < -0.3 is 14.4 Å². The molecule has 6 nitrogen and oxygen atoms in total. The van der Waals surface area contributed by atoms with E-state index in [2.05, 4.69) is 10.1 Å². The third-order valence-electron chi connectivity index (χ3n) is 2.95. The van der Waals surface area contributed by atoms with E-state index in [0.717, 1.165) is 5.56 Å². The smallest absolute Gasteiger partial charge is 0.377 e. The Morgan fingerprint density at radius 2 is 1.95 bits per heavy atom. The molecule has 1 heterocycles. The molecule has 3 rings (SSSR count). The van der Waals surface area contributed by atoms with E-state index < -0.39 is 5.97 Å². The fourth-order valence-corrected chi connectivity index (χ4v) is 1.89. The summed E-state index contributed by atoms with van der Waals surface area (Å²) in [7, 11) is 0. The SMILES string of the molecule is O=C(O)c1noc(-c2cccc(OCc3ccccc3)c2)n1. The van der Waals surface area contributed by atoms with Gasteiger partial charge in [-0.05, 0) is 28.9 Å². The molecule has 0 fully saturated rings. The molecule has 0 aliphatic rings. The molecular weight excluding hydrogens is 284 g/mol. The van der Waals surface area contributed by atoms with Crippen LogP contribution in [0.15, 0.2) is 59.1 Å². The van der Waals surface area contributed by atoms with E-state index in [4.69, 9.17) is 14.4 Å². The Labute approximate surface area is 126 Å². The molecule has 1 aromatic heterocycles. The van der Waals surface area contributed by atoms with E-state index in [1.54, 1.807) is 24.3 Å². The molecular formula is C16H12N2O4. The summed E-state index contributed by atoms with van der Waals surface area (Å²) in [4.78, 5) is 14.6. The Morgan fingerprint density at radius 1 is 1.14 bits per heavy atom. The molecule has 0 unspecified atom stereocenters. The first-order chi connectivity index (χ1) is 10.7. The highest BCUT2D eigenvalue weighted by Crippen LogP contribution is 2.23. The zero-order valence-electron chi connectivity index (χ0n) is 11.5. The standard InChI is InChI=1S/C16H12N2O4/c19-16(20)14-17-15(22-18-14)12-7-4-8-13(9-12)21-10-11-5-2-1-3-6-11/h1-9H,10H2,(H,19,20). The first kappa shape index (κ1) is 13.8. The number of carboxylic acids is 1. The number of carboxylic acid groups (broad SMARTS) is 1. The summed E-state index contributed by atoms with van der Waals surface area (Å²) in [6, 6.07) is 16.8. The second kappa shape index (κ2) is 6.09. The van der Waals surface area contributed by atoms with Crippen molar-refractivity contribution in [3.05, 3.63) is 66.0 Å².